The third-order valence-corrected chi connectivity index (χ3v) is 5.78. The first-order valence-electron chi connectivity index (χ1n) is 8.21. The van der Waals surface area contributed by atoms with Crippen molar-refractivity contribution in [3.63, 3.8) is 0 Å². The molecule has 0 bridgehead atoms. The highest BCUT2D eigenvalue weighted by Gasteiger charge is 2.26. The first-order valence-corrected chi connectivity index (χ1v) is 9.09. The number of benzene rings is 1. The van der Waals surface area contributed by atoms with Crippen LogP contribution in [0.2, 0.25) is 0 Å². The number of hydrogen-bond donors (Lipinski definition) is 0. The Morgan fingerprint density at radius 2 is 2.22 bits per heavy atom. The van der Waals surface area contributed by atoms with Crippen LogP contribution in [-0.4, -0.2) is 32.8 Å². The average molecular weight is 326 g/mol. The summed E-state index contributed by atoms with van der Waals surface area (Å²) in [5, 5.41) is 4.67. The van der Waals surface area contributed by atoms with Crippen molar-refractivity contribution in [1.82, 2.24) is 19.7 Å². The van der Waals surface area contributed by atoms with E-state index in [-0.39, 0.29) is 0 Å². The van der Waals surface area contributed by atoms with Crippen LogP contribution in [-0.2, 0) is 13.5 Å². The van der Waals surface area contributed by atoms with E-state index in [9.17, 15) is 0 Å². The number of rotatable bonds is 2. The zero-order chi connectivity index (χ0) is 16.0. The molecule has 3 aromatic rings. The van der Waals surface area contributed by atoms with E-state index in [4.69, 9.17) is 0 Å². The third-order valence-electron chi connectivity index (χ3n) is 4.97. The first kappa shape index (κ1) is 14.8. The smallest absolute Gasteiger partial charge is 0.0815 e. The zero-order valence-corrected chi connectivity index (χ0v) is 14.7. The number of thiazole rings is 1. The molecule has 5 heteroatoms. The van der Waals surface area contributed by atoms with Gasteiger partial charge in [0.1, 0.15) is 0 Å². The molecule has 0 saturated carbocycles. The number of hydrogen-bond acceptors (Lipinski definition) is 4. The van der Waals surface area contributed by atoms with Crippen molar-refractivity contribution >= 4 is 21.6 Å². The summed E-state index contributed by atoms with van der Waals surface area (Å²) in [6.07, 6.45) is 3.26. The SMILES string of the molecule is CC1CN(C(C)c2ccc3scnc3c2)CCc2cn(C)nc21. The lowest BCUT2D eigenvalue weighted by molar-refractivity contribution is 0.208. The van der Waals surface area contributed by atoms with Crippen LogP contribution < -0.4 is 0 Å². The van der Waals surface area contributed by atoms with Crippen LogP contribution >= 0.6 is 11.3 Å². The fourth-order valence-corrected chi connectivity index (χ4v) is 4.31. The van der Waals surface area contributed by atoms with Crippen LogP contribution in [0.5, 0.6) is 0 Å². The van der Waals surface area contributed by atoms with Gasteiger partial charge in [-0.25, -0.2) is 4.98 Å². The number of aryl methyl sites for hydroxylation is 1. The van der Waals surface area contributed by atoms with Gasteiger partial charge in [0.05, 0.1) is 21.4 Å². The molecule has 1 aromatic carbocycles. The maximum Gasteiger partial charge on any atom is 0.0815 e. The first-order chi connectivity index (χ1) is 11.1. The van der Waals surface area contributed by atoms with Gasteiger partial charge in [-0.15, -0.1) is 11.3 Å². The molecule has 4 nitrogen and oxygen atoms in total. The summed E-state index contributed by atoms with van der Waals surface area (Å²) in [5.74, 6) is 0.471. The summed E-state index contributed by atoms with van der Waals surface area (Å²) in [7, 11) is 2.02. The van der Waals surface area contributed by atoms with Crippen molar-refractivity contribution in [2.45, 2.75) is 32.2 Å². The molecule has 2 unspecified atom stereocenters. The lowest BCUT2D eigenvalue weighted by atomic mass is 10.0. The van der Waals surface area contributed by atoms with Gasteiger partial charge in [0, 0.05) is 38.3 Å². The van der Waals surface area contributed by atoms with Crippen LogP contribution in [0.25, 0.3) is 10.2 Å². The van der Waals surface area contributed by atoms with Crippen LogP contribution in [0.3, 0.4) is 0 Å². The van der Waals surface area contributed by atoms with E-state index in [1.807, 2.05) is 17.2 Å². The summed E-state index contributed by atoms with van der Waals surface area (Å²) >= 11 is 1.71. The Kier molecular flexibility index (Phi) is 3.70. The molecular weight excluding hydrogens is 304 g/mol. The largest absolute Gasteiger partial charge is 0.296 e. The molecule has 3 heterocycles. The van der Waals surface area contributed by atoms with Crippen LogP contribution in [0, 0.1) is 0 Å². The summed E-state index contributed by atoms with van der Waals surface area (Å²) in [6.45, 7) is 6.74. The lowest BCUT2D eigenvalue weighted by Crippen LogP contribution is -2.31. The van der Waals surface area contributed by atoms with Crippen molar-refractivity contribution in [3.05, 3.63) is 46.7 Å². The van der Waals surface area contributed by atoms with E-state index in [1.54, 1.807) is 11.3 Å². The molecule has 1 aliphatic rings. The summed E-state index contributed by atoms with van der Waals surface area (Å²) in [5.41, 5.74) is 7.08. The average Bonchev–Trinajstić information content (AvgIpc) is 3.12. The second-order valence-electron chi connectivity index (χ2n) is 6.61. The third kappa shape index (κ3) is 2.68. The van der Waals surface area contributed by atoms with E-state index in [1.165, 1.54) is 21.5 Å². The van der Waals surface area contributed by atoms with Gasteiger partial charge in [0.15, 0.2) is 0 Å². The van der Waals surface area contributed by atoms with Crippen molar-refractivity contribution in [1.29, 1.82) is 0 Å². The fraction of sp³-hybridized carbons (Fsp3) is 0.444. The van der Waals surface area contributed by atoms with E-state index >= 15 is 0 Å². The summed E-state index contributed by atoms with van der Waals surface area (Å²) in [4.78, 5) is 7.04. The van der Waals surface area contributed by atoms with E-state index < -0.39 is 0 Å². The number of nitrogens with zero attached hydrogens (tertiary/aromatic N) is 4. The predicted molar refractivity (Wildman–Crippen MR) is 94.9 cm³/mol. The molecule has 0 radical (unpaired) electrons. The second-order valence-corrected chi connectivity index (χ2v) is 7.50. The monoisotopic (exact) mass is 326 g/mol. The van der Waals surface area contributed by atoms with Crippen LogP contribution in [0.4, 0.5) is 0 Å². The minimum Gasteiger partial charge on any atom is -0.296 e. The lowest BCUT2D eigenvalue weighted by Gasteiger charge is -2.29. The van der Waals surface area contributed by atoms with Crippen LogP contribution in [0.1, 0.15) is 42.6 Å². The quantitative estimate of drug-likeness (QED) is 0.719. The molecule has 2 atom stereocenters. The Balaban J connectivity index is 1.59. The molecule has 120 valence electrons. The highest BCUT2D eigenvalue weighted by Crippen LogP contribution is 2.30. The molecular formula is C18H22N4S. The molecule has 0 fully saturated rings. The van der Waals surface area contributed by atoms with Crippen molar-refractivity contribution in [3.8, 4) is 0 Å². The van der Waals surface area contributed by atoms with Crippen molar-refractivity contribution in [2.24, 2.45) is 7.05 Å². The Hall–Kier alpha value is -1.72. The van der Waals surface area contributed by atoms with Gasteiger partial charge in [-0.3, -0.25) is 9.58 Å². The number of fused-ring (bicyclic) bond motifs is 2. The van der Waals surface area contributed by atoms with E-state index in [0.29, 0.717) is 12.0 Å². The minimum absolute atomic E-state index is 0.404. The van der Waals surface area contributed by atoms with Gasteiger partial charge in [0.2, 0.25) is 0 Å². The molecule has 0 aliphatic carbocycles. The molecule has 4 rings (SSSR count). The van der Waals surface area contributed by atoms with Gasteiger partial charge in [-0.05, 0) is 36.6 Å². The second kappa shape index (κ2) is 5.73. The Morgan fingerprint density at radius 1 is 1.35 bits per heavy atom. The number of aromatic nitrogens is 3. The topological polar surface area (TPSA) is 34.0 Å². The van der Waals surface area contributed by atoms with Gasteiger partial charge >= 0.3 is 0 Å². The normalized spacial score (nSPS) is 20.4. The van der Waals surface area contributed by atoms with Gasteiger partial charge in [-0.2, -0.15) is 5.10 Å². The molecule has 1 aliphatic heterocycles. The minimum atomic E-state index is 0.404. The molecule has 0 N–H and O–H groups in total. The summed E-state index contributed by atoms with van der Waals surface area (Å²) < 4.78 is 3.22. The Bertz CT molecular complexity index is 835. The van der Waals surface area contributed by atoms with Crippen molar-refractivity contribution < 1.29 is 0 Å². The Labute approximate surface area is 140 Å². The molecule has 23 heavy (non-hydrogen) atoms. The fourth-order valence-electron chi connectivity index (χ4n) is 3.65. The highest BCUT2D eigenvalue weighted by atomic mass is 32.1. The molecule has 2 aromatic heterocycles. The Morgan fingerprint density at radius 3 is 3.09 bits per heavy atom. The van der Waals surface area contributed by atoms with E-state index in [0.717, 1.165) is 25.0 Å². The van der Waals surface area contributed by atoms with Gasteiger partial charge in [0.25, 0.3) is 0 Å². The molecule has 0 saturated heterocycles. The predicted octanol–water partition coefficient (Wildman–Crippen LogP) is 3.75. The maximum absolute atomic E-state index is 4.67. The molecule has 0 spiro atoms. The van der Waals surface area contributed by atoms with Crippen molar-refractivity contribution in [2.75, 3.05) is 13.1 Å². The van der Waals surface area contributed by atoms with Crippen LogP contribution in [0.15, 0.2) is 29.9 Å². The van der Waals surface area contributed by atoms with E-state index in [2.05, 4.69) is 53.2 Å². The highest BCUT2D eigenvalue weighted by molar-refractivity contribution is 7.16. The molecule has 0 amide bonds. The maximum atomic E-state index is 4.67. The summed E-state index contributed by atoms with van der Waals surface area (Å²) in [6, 6.07) is 7.11. The van der Waals surface area contributed by atoms with Gasteiger partial charge < -0.3 is 0 Å². The standard InChI is InChI=1S/C18H22N4S/c1-12-9-22(7-6-15-10-21(3)20-18(12)15)13(2)14-4-5-17-16(8-14)19-11-23-17/h4-5,8,10-13H,6-7,9H2,1-3H3. The zero-order valence-electron chi connectivity index (χ0n) is 13.9. The van der Waals surface area contributed by atoms with Gasteiger partial charge in [-0.1, -0.05) is 13.0 Å².